The lowest BCUT2D eigenvalue weighted by Gasteiger charge is -2.10. The number of sulfone groups is 1. The molecule has 1 aliphatic heterocycles. The summed E-state index contributed by atoms with van der Waals surface area (Å²) in [5, 5.41) is 3.05. The van der Waals surface area contributed by atoms with Crippen molar-refractivity contribution in [3.63, 3.8) is 0 Å². The molecule has 0 radical (unpaired) electrons. The third-order valence-electron chi connectivity index (χ3n) is 2.95. The topological polar surface area (TPSA) is 46.2 Å². The molecule has 1 aromatic carbocycles. The van der Waals surface area contributed by atoms with Gasteiger partial charge in [0.2, 0.25) is 9.84 Å². The molecule has 0 amide bonds. The summed E-state index contributed by atoms with van der Waals surface area (Å²) in [5.74, 6) is 0. The summed E-state index contributed by atoms with van der Waals surface area (Å²) in [6, 6.07) is 5.40. The Hall–Kier alpha value is -0.650. The normalized spacial score (nSPS) is 18.6. The Morgan fingerprint density at radius 2 is 2.12 bits per heavy atom. The highest BCUT2D eigenvalue weighted by molar-refractivity contribution is 9.10. The third-order valence-corrected chi connectivity index (χ3v) is 5.55. The van der Waals surface area contributed by atoms with Crippen molar-refractivity contribution >= 4 is 31.8 Å². The zero-order chi connectivity index (χ0) is 12.6. The van der Waals surface area contributed by atoms with Gasteiger partial charge in [-0.2, -0.15) is 0 Å². The van der Waals surface area contributed by atoms with Gasteiger partial charge in [0.1, 0.15) is 0 Å². The van der Waals surface area contributed by atoms with E-state index in [2.05, 4.69) is 21.2 Å². The average molecular weight is 316 g/mol. The van der Waals surface area contributed by atoms with Crippen molar-refractivity contribution in [3.05, 3.63) is 33.1 Å². The quantitative estimate of drug-likeness (QED) is 0.932. The molecule has 2 rings (SSSR count). The fourth-order valence-corrected chi connectivity index (χ4v) is 4.20. The summed E-state index contributed by atoms with van der Waals surface area (Å²) in [6.45, 7) is 1.97. The first-order chi connectivity index (χ1) is 7.96. The van der Waals surface area contributed by atoms with Crippen molar-refractivity contribution in [2.45, 2.75) is 24.3 Å². The molecular formula is C12H14BrNO2S. The molecule has 1 atom stereocenters. The third kappa shape index (κ3) is 2.19. The van der Waals surface area contributed by atoms with Crippen molar-refractivity contribution in [1.29, 1.82) is 0 Å². The number of benzene rings is 1. The molecular weight excluding hydrogens is 302 g/mol. The van der Waals surface area contributed by atoms with Gasteiger partial charge in [-0.05, 0) is 38.6 Å². The Morgan fingerprint density at radius 3 is 2.71 bits per heavy atom. The number of hydrogen-bond donors (Lipinski definition) is 1. The molecule has 5 heteroatoms. The van der Waals surface area contributed by atoms with Crippen LogP contribution >= 0.6 is 15.9 Å². The van der Waals surface area contributed by atoms with Gasteiger partial charge >= 0.3 is 0 Å². The first kappa shape index (κ1) is 12.8. The van der Waals surface area contributed by atoms with E-state index in [0.29, 0.717) is 16.2 Å². The summed E-state index contributed by atoms with van der Waals surface area (Å²) in [6.07, 6.45) is 2.28. The van der Waals surface area contributed by atoms with Crippen LogP contribution in [0.1, 0.15) is 18.9 Å². The first-order valence-corrected chi connectivity index (χ1v) is 7.66. The predicted octanol–water partition coefficient (Wildman–Crippen LogP) is 2.58. The van der Waals surface area contributed by atoms with E-state index in [1.165, 1.54) is 0 Å². The second kappa shape index (κ2) is 4.55. The summed E-state index contributed by atoms with van der Waals surface area (Å²) in [7, 11) is -1.45. The van der Waals surface area contributed by atoms with Crippen LogP contribution in [0.15, 0.2) is 32.5 Å². The minimum absolute atomic E-state index is 0.143. The number of fused-ring (bicyclic) bond motifs is 1. The van der Waals surface area contributed by atoms with Gasteiger partial charge in [-0.1, -0.05) is 22.0 Å². The number of nitrogens with one attached hydrogen (secondary N) is 1. The highest BCUT2D eigenvalue weighted by atomic mass is 79.9. The molecule has 92 valence electrons. The van der Waals surface area contributed by atoms with E-state index in [4.69, 9.17) is 0 Å². The fraction of sp³-hybridized carbons (Fsp3) is 0.333. The van der Waals surface area contributed by atoms with Crippen molar-refractivity contribution in [2.75, 3.05) is 7.05 Å². The molecule has 1 unspecified atom stereocenters. The number of rotatable bonds is 3. The Balaban J connectivity index is 2.47. The Morgan fingerprint density at radius 1 is 1.41 bits per heavy atom. The van der Waals surface area contributed by atoms with E-state index >= 15 is 0 Å². The molecule has 3 nitrogen and oxygen atoms in total. The van der Waals surface area contributed by atoms with E-state index in [9.17, 15) is 8.42 Å². The van der Waals surface area contributed by atoms with Crippen LogP contribution in [0.3, 0.4) is 0 Å². The molecule has 1 heterocycles. The smallest absolute Gasteiger partial charge is 0.203 e. The SMILES string of the molecule is CNC(C)CC1=Cc2c(Br)cccc2S1(=O)=O. The molecule has 1 aromatic rings. The lowest BCUT2D eigenvalue weighted by atomic mass is 10.1. The molecule has 0 saturated heterocycles. The molecule has 1 aliphatic rings. The van der Waals surface area contributed by atoms with Crippen LogP contribution in [0.4, 0.5) is 0 Å². The lowest BCUT2D eigenvalue weighted by molar-refractivity contribution is 0.586. The maximum atomic E-state index is 12.3. The standard InChI is InChI=1S/C12H14BrNO2S/c1-8(14-2)6-9-7-10-11(13)4-3-5-12(10)17(9,15)16/h3-5,7-8,14H,6H2,1-2H3. The van der Waals surface area contributed by atoms with Crippen molar-refractivity contribution in [2.24, 2.45) is 0 Å². The maximum absolute atomic E-state index is 12.3. The van der Waals surface area contributed by atoms with Gasteiger partial charge in [-0.25, -0.2) is 8.42 Å². The largest absolute Gasteiger partial charge is 0.317 e. The van der Waals surface area contributed by atoms with Crippen molar-refractivity contribution < 1.29 is 8.42 Å². The minimum atomic E-state index is -3.28. The molecule has 1 N–H and O–H groups in total. The predicted molar refractivity (Wildman–Crippen MR) is 72.4 cm³/mol. The van der Waals surface area contributed by atoms with Gasteiger partial charge in [0.05, 0.1) is 9.80 Å². The van der Waals surface area contributed by atoms with E-state index in [-0.39, 0.29) is 6.04 Å². The van der Waals surface area contributed by atoms with E-state index in [1.807, 2.05) is 20.0 Å². The average Bonchev–Trinajstić information content (AvgIpc) is 2.53. The Kier molecular flexibility index (Phi) is 3.43. The van der Waals surface area contributed by atoms with Crippen LogP contribution in [0.2, 0.25) is 0 Å². The second-order valence-electron chi connectivity index (χ2n) is 4.16. The molecule has 0 saturated carbocycles. The highest BCUT2D eigenvalue weighted by Crippen LogP contribution is 2.38. The molecule has 0 spiro atoms. The van der Waals surface area contributed by atoms with E-state index in [0.717, 1.165) is 10.0 Å². The summed E-state index contributed by atoms with van der Waals surface area (Å²) in [5.41, 5.74) is 0.769. The van der Waals surface area contributed by atoms with Gasteiger partial charge < -0.3 is 5.32 Å². The lowest BCUT2D eigenvalue weighted by Crippen LogP contribution is -2.22. The molecule has 0 bridgehead atoms. The summed E-state index contributed by atoms with van der Waals surface area (Å²) < 4.78 is 25.4. The first-order valence-electron chi connectivity index (χ1n) is 5.38. The van der Waals surface area contributed by atoms with E-state index in [1.54, 1.807) is 18.2 Å². The fourth-order valence-electron chi connectivity index (χ4n) is 1.84. The second-order valence-corrected chi connectivity index (χ2v) is 6.98. The van der Waals surface area contributed by atoms with Gasteiger partial charge in [-0.15, -0.1) is 0 Å². The van der Waals surface area contributed by atoms with E-state index < -0.39 is 9.84 Å². The zero-order valence-corrected chi connectivity index (χ0v) is 12.1. The molecule has 17 heavy (non-hydrogen) atoms. The number of hydrogen-bond acceptors (Lipinski definition) is 3. The van der Waals surface area contributed by atoms with Gasteiger partial charge in [0, 0.05) is 16.1 Å². The van der Waals surface area contributed by atoms with Crippen LogP contribution in [-0.2, 0) is 9.84 Å². The van der Waals surface area contributed by atoms with Gasteiger partial charge in [0.25, 0.3) is 0 Å². The Bertz CT molecular complexity index is 578. The molecule has 0 aliphatic carbocycles. The van der Waals surface area contributed by atoms with Crippen molar-refractivity contribution in [3.8, 4) is 0 Å². The Labute approximate surface area is 110 Å². The summed E-state index contributed by atoms with van der Waals surface area (Å²) >= 11 is 3.39. The van der Waals surface area contributed by atoms with Crippen LogP contribution in [0.5, 0.6) is 0 Å². The maximum Gasteiger partial charge on any atom is 0.203 e. The highest BCUT2D eigenvalue weighted by Gasteiger charge is 2.30. The van der Waals surface area contributed by atoms with Crippen LogP contribution in [0.25, 0.3) is 6.08 Å². The van der Waals surface area contributed by atoms with Gasteiger partial charge in [-0.3, -0.25) is 0 Å². The molecule has 0 fully saturated rings. The zero-order valence-electron chi connectivity index (χ0n) is 9.70. The molecule has 0 aromatic heterocycles. The monoisotopic (exact) mass is 315 g/mol. The van der Waals surface area contributed by atoms with Crippen molar-refractivity contribution in [1.82, 2.24) is 5.32 Å². The van der Waals surface area contributed by atoms with Gasteiger partial charge in [0.15, 0.2) is 0 Å². The minimum Gasteiger partial charge on any atom is -0.317 e. The van der Waals surface area contributed by atoms with Crippen LogP contribution < -0.4 is 5.32 Å². The number of halogens is 1. The van der Waals surface area contributed by atoms with Crippen LogP contribution in [-0.4, -0.2) is 21.5 Å². The summed E-state index contributed by atoms with van der Waals surface area (Å²) in [4.78, 5) is 0.895. The van der Waals surface area contributed by atoms with Crippen LogP contribution in [0, 0.1) is 0 Å².